The number of carboxylic acid groups (broad SMARTS) is 1. The molecule has 2 rings (SSSR count). The fraction of sp³-hybridized carbons (Fsp3) is 0.357. The van der Waals surface area contributed by atoms with Gasteiger partial charge in [-0.2, -0.15) is 0 Å². The quantitative estimate of drug-likeness (QED) is 0.872. The van der Waals surface area contributed by atoms with Crippen molar-refractivity contribution in [3.8, 4) is 11.5 Å². The molecule has 0 fully saturated rings. The maximum atomic E-state index is 10.5. The molecule has 0 unspecified atom stereocenters. The number of carboxylic acids is 1. The van der Waals surface area contributed by atoms with Crippen molar-refractivity contribution in [3.63, 3.8) is 0 Å². The van der Waals surface area contributed by atoms with Gasteiger partial charge >= 0.3 is 5.97 Å². The zero-order valence-electron chi connectivity index (χ0n) is 11.6. The Morgan fingerprint density at radius 1 is 1.25 bits per heavy atom. The van der Waals surface area contributed by atoms with Crippen molar-refractivity contribution in [1.82, 2.24) is 10.2 Å². The van der Waals surface area contributed by atoms with Crippen LogP contribution in [0.3, 0.4) is 0 Å². The summed E-state index contributed by atoms with van der Waals surface area (Å²) in [6.07, 6.45) is 0. The summed E-state index contributed by atoms with van der Waals surface area (Å²) in [5, 5.41) is 16.6. The first-order valence-electron chi connectivity index (χ1n) is 6.15. The predicted octanol–water partition coefficient (Wildman–Crippen LogP) is 3.21. The maximum absolute atomic E-state index is 10.5. The van der Waals surface area contributed by atoms with Crippen molar-refractivity contribution in [2.75, 3.05) is 5.75 Å². The summed E-state index contributed by atoms with van der Waals surface area (Å²) in [5.74, 6) is -0.604. The highest BCUT2D eigenvalue weighted by atomic mass is 32.2. The number of aliphatic carboxylic acids is 1. The standard InChI is InChI=1S/C14H16N2O3S/c1-14(2,3)10-6-4-9(5-7-10)12-15-16-13(19-12)20-8-11(17)18/h4-7H,8H2,1-3H3,(H,17,18). The van der Waals surface area contributed by atoms with Crippen molar-refractivity contribution in [3.05, 3.63) is 29.8 Å². The van der Waals surface area contributed by atoms with Gasteiger partial charge in [-0.15, -0.1) is 10.2 Å². The van der Waals surface area contributed by atoms with Gasteiger partial charge in [0.05, 0.1) is 0 Å². The predicted molar refractivity (Wildman–Crippen MR) is 76.8 cm³/mol. The van der Waals surface area contributed by atoms with Gasteiger partial charge in [0.2, 0.25) is 5.89 Å². The largest absolute Gasteiger partial charge is 0.481 e. The van der Waals surface area contributed by atoms with Gasteiger partial charge in [-0.1, -0.05) is 44.7 Å². The summed E-state index contributed by atoms with van der Waals surface area (Å²) in [6, 6.07) is 7.92. The van der Waals surface area contributed by atoms with Crippen LogP contribution in [-0.2, 0) is 10.2 Å². The average molecular weight is 292 g/mol. The Morgan fingerprint density at radius 3 is 2.45 bits per heavy atom. The molecular weight excluding hydrogens is 276 g/mol. The normalized spacial score (nSPS) is 11.6. The number of thioether (sulfide) groups is 1. The van der Waals surface area contributed by atoms with E-state index in [9.17, 15) is 4.79 Å². The molecule has 0 bridgehead atoms. The lowest BCUT2D eigenvalue weighted by atomic mass is 9.87. The number of aromatic nitrogens is 2. The van der Waals surface area contributed by atoms with Crippen LogP contribution < -0.4 is 0 Å². The Balaban J connectivity index is 2.14. The minimum absolute atomic E-state index is 0.0927. The number of nitrogens with zero attached hydrogens (tertiary/aromatic N) is 2. The molecule has 2 aromatic rings. The van der Waals surface area contributed by atoms with Gasteiger partial charge in [-0.25, -0.2) is 0 Å². The molecule has 0 aliphatic rings. The summed E-state index contributed by atoms with van der Waals surface area (Å²) < 4.78 is 5.42. The molecule has 0 amide bonds. The fourth-order valence-corrected chi connectivity index (χ4v) is 2.10. The average Bonchev–Trinajstić information content (AvgIpc) is 2.84. The Labute approximate surface area is 121 Å². The van der Waals surface area contributed by atoms with Crippen molar-refractivity contribution in [1.29, 1.82) is 0 Å². The molecule has 6 heteroatoms. The van der Waals surface area contributed by atoms with Crippen LogP contribution in [0.5, 0.6) is 0 Å². The van der Waals surface area contributed by atoms with Crippen LogP contribution in [0, 0.1) is 0 Å². The summed E-state index contributed by atoms with van der Waals surface area (Å²) in [4.78, 5) is 10.5. The van der Waals surface area contributed by atoms with Gasteiger partial charge < -0.3 is 9.52 Å². The van der Waals surface area contributed by atoms with Gasteiger partial charge in [0, 0.05) is 5.56 Å². The van der Waals surface area contributed by atoms with E-state index in [2.05, 4.69) is 31.0 Å². The lowest BCUT2D eigenvalue weighted by molar-refractivity contribution is -0.133. The molecule has 0 radical (unpaired) electrons. The van der Waals surface area contributed by atoms with E-state index < -0.39 is 5.97 Å². The molecule has 0 aliphatic carbocycles. The summed E-state index contributed by atoms with van der Waals surface area (Å²) in [7, 11) is 0. The number of benzene rings is 1. The van der Waals surface area contributed by atoms with Crippen molar-refractivity contribution in [2.45, 2.75) is 31.4 Å². The van der Waals surface area contributed by atoms with Crippen LogP contribution in [0.15, 0.2) is 33.9 Å². The Hall–Kier alpha value is -1.82. The lowest BCUT2D eigenvalue weighted by Crippen LogP contribution is -2.10. The minimum Gasteiger partial charge on any atom is -0.481 e. The first-order chi connectivity index (χ1) is 9.36. The smallest absolute Gasteiger partial charge is 0.314 e. The third kappa shape index (κ3) is 3.60. The monoisotopic (exact) mass is 292 g/mol. The number of carbonyl (C=O) groups is 1. The Bertz CT molecular complexity index is 600. The van der Waals surface area contributed by atoms with E-state index in [1.54, 1.807) is 0 Å². The highest BCUT2D eigenvalue weighted by Gasteiger charge is 2.15. The van der Waals surface area contributed by atoms with Gasteiger partial charge in [0.1, 0.15) is 5.75 Å². The van der Waals surface area contributed by atoms with Crippen LogP contribution in [0.4, 0.5) is 0 Å². The zero-order chi connectivity index (χ0) is 14.8. The van der Waals surface area contributed by atoms with Crippen molar-refractivity contribution >= 4 is 17.7 Å². The van der Waals surface area contributed by atoms with E-state index >= 15 is 0 Å². The second kappa shape index (κ2) is 5.66. The highest BCUT2D eigenvalue weighted by molar-refractivity contribution is 7.99. The Kier molecular flexibility index (Phi) is 4.13. The number of hydrogen-bond donors (Lipinski definition) is 1. The fourth-order valence-electron chi connectivity index (χ4n) is 1.62. The molecule has 106 valence electrons. The second-order valence-corrected chi connectivity index (χ2v) is 6.31. The number of hydrogen-bond acceptors (Lipinski definition) is 5. The van der Waals surface area contributed by atoms with E-state index in [0.29, 0.717) is 5.89 Å². The van der Waals surface area contributed by atoms with Gasteiger partial charge in [-0.3, -0.25) is 4.79 Å². The molecule has 1 aromatic carbocycles. The minimum atomic E-state index is -0.913. The first-order valence-corrected chi connectivity index (χ1v) is 7.14. The molecule has 1 heterocycles. The molecule has 1 aromatic heterocycles. The summed E-state index contributed by atoms with van der Waals surface area (Å²) >= 11 is 1.01. The van der Waals surface area contributed by atoms with Crippen LogP contribution in [0.1, 0.15) is 26.3 Å². The van der Waals surface area contributed by atoms with Gasteiger partial charge in [0.15, 0.2) is 0 Å². The van der Waals surface area contributed by atoms with E-state index in [-0.39, 0.29) is 16.4 Å². The molecular formula is C14H16N2O3S. The lowest BCUT2D eigenvalue weighted by Gasteiger charge is -2.18. The molecule has 20 heavy (non-hydrogen) atoms. The molecule has 0 atom stereocenters. The van der Waals surface area contributed by atoms with E-state index in [0.717, 1.165) is 17.3 Å². The molecule has 0 saturated carbocycles. The van der Waals surface area contributed by atoms with Crippen molar-refractivity contribution < 1.29 is 14.3 Å². The highest BCUT2D eigenvalue weighted by Crippen LogP contribution is 2.27. The molecule has 0 spiro atoms. The number of rotatable bonds is 4. The molecule has 1 N–H and O–H groups in total. The summed E-state index contributed by atoms with van der Waals surface area (Å²) in [6.45, 7) is 6.44. The Morgan fingerprint density at radius 2 is 1.90 bits per heavy atom. The second-order valence-electron chi connectivity index (χ2n) is 5.38. The van der Waals surface area contributed by atoms with Gasteiger partial charge in [0.25, 0.3) is 5.22 Å². The first kappa shape index (κ1) is 14.6. The zero-order valence-corrected chi connectivity index (χ0v) is 12.4. The van der Waals surface area contributed by atoms with Crippen molar-refractivity contribution in [2.24, 2.45) is 0 Å². The van der Waals surface area contributed by atoms with Crippen LogP contribution in [0.25, 0.3) is 11.5 Å². The molecule has 0 saturated heterocycles. The van der Waals surface area contributed by atoms with Crippen LogP contribution >= 0.6 is 11.8 Å². The molecule has 0 aliphatic heterocycles. The topological polar surface area (TPSA) is 76.2 Å². The third-order valence-corrected chi connectivity index (χ3v) is 3.53. The van der Waals surface area contributed by atoms with Crippen LogP contribution in [-0.4, -0.2) is 27.0 Å². The SMILES string of the molecule is CC(C)(C)c1ccc(-c2nnc(SCC(=O)O)o2)cc1. The molecule has 5 nitrogen and oxygen atoms in total. The van der Waals surface area contributed by atoms with Gasteiger partial charge in [-0.05, 0) is 23.1 Å². The third-order valence-electron chi connectivity index (χ3n) is 2.72. The van der Waals surface area contributed by atoms with Crippen LogP contribution in [0.2, 0.25) is 0 Å². The van der Waals surface area contributed by atoms with E-state index in [1.165, 1.54) is 5.56 Å². The van der Waals surface area contributed by atoms with E-state index in [4.69, 9.17) is 9.52 Å². The summed E-state index contributed by atoms with van der Waals surface area (Å²) in [5.41, 5.74) is 2.14. The van der Waals surface area contributed by atoms with E-state index in [1.807, 2.05) is 24.3 Å². The maximum Gasteiger partial charge on any atom is 0.314 e.